The SMILES string of the molecule is CCc1nn(C)c(Cn2ccc(CN)n2)c1Cl. The van der Waals surface area contributed by atoms with Crippen LogP contribution in [-0.2, 0) is 26.6 Å². The third kappa shape index (κ3) is 2.35. The average Bonchev–Trinajstić information content (AvgIpc) is 2.88. The third-order valence-corrected chi connectivity index (χ3v) is 3.16. The van der Waals surface area contributed by atoms with E-state index in [9.17, 15) is 0 Å². The fourth-order valence-electron chi connectivity index (χ4n) is 1.75. The molecule has 0 bridgehead atoms. The minimum atomic E-state index is 0.451. The Morgan fingerprint density at radius 2 is 2.18 bits per heavy atom. The molecule has 2 aromatic heterocycles. The Balaban J connectivity index is 2.26. The van der Waals surface area contributed by atoms with Crippen molar-refractivity contribution in [2.75, 3.05) is 0 Å². The van der Waals surface area contributed by atoms with Crippen molar-refractivity contribution in [1.82, 2.24) is 19.6 Å². The Labute approximate surface area is 105 Å². The number of aryl methyl sites for hydroxylation is 2. The van der Waals surface area contributed by atoms with Crippen molar-refractivity contribution >= 4 is 11.6 Å². The molecule has 0 aromatic carbocycles. The first-order chi connectivity index (χ1) is 8.15. The van der Waals surface area contributed by atoms with Gasteiger partial charge in [0, 0.05) is 19.8 Å². The van der Waals surface area contributed by atoms with Gasteiger partial charge in [-0.25, -0.2) is 0 Å². The molecule has 6 heteroatoms. The van der Waals surface area contributed by atoms with E-state index in [1.807, 2.05) is 35.6 Å². The lowest BCUT2D eigenvalue weighted by Gasteiger charge is -2.03. The number of rotatable bonds is 4. The van der Waals surface area contributed by atoms with Gasteiger partial charge < -0.3 is 5.73 Å². The summed E-state index contributed by atoms with van der Waals surface area (Å²) >= 11 is 6.27. The van der Waals surface area contributed by atoms with Gasteiger partial charge in [0.15, 0.2) is 0 Å². The topological polar surface area (TPSA) is 61.7 Å². The number of hydrogen-bond acceptors (Lipinski definition) is 3. The molecule has 0 fully saturated rings. The summed E-state index contributed by atoms with van der Waals surface area (Å²) < 4.78 is 3.63. The summed E-state index contributed by atoms with van der Waals surface area (Å²) in [5, 5.41) is 9.44. The number of aromatic nitrogens is 4. The van der Waals surface area contributed by atoms with E-state index >= 15 is 0 Å². The molecule has 2 heterocycles. The lowest BCUT2D eigenvalue weighted by Crippen LogP contribution is -2.07. The molecule has 0 amide bonds. The number of nitrogens with two attached hydrogens (primary N) is 1. The number of nitrogens with zero attached hydrogens (tertiary/aromatic N) is 4. The second-order valence-electron chi connectivity index (χ2n) is 3.89. The van der Waals surface area contributed by atoms with Crippen LogP contribution in [0.3, 0.4) is 0 Å². The van der Waals surface area contributed by atoms with Gasteiger partial charge in [-0.3, -0.25) is 9.36 Å². The maximum absolute atomic E-state index is 6.27. The Kier molecular flexibility index (Phi) is 3.49. The van der Waals surface area contributed by atoms with E-state index in [0.29, 0.717) is 13.1 Å². The van der Waals surface area contributed by atoms with Gasteiger partial charge in [-0.05, 0) is 12.5 Å². The van der Waals surface area contributed by atoms with Crippen molar-refractivity contribution in [3.63, 3.8) is 0 Å². The van der Waals surface area contributed by atoms with Gasteiger partial charge in [0.1, 0.15) is 0 Å². The Morgan fingerprint density at radius 1 is 1.41 bits per heavy atom. The Hall–Kier alpha value is -1.33. The maximum Gasteiger partial charge on any atom is 0.0869 e. The van der Waals surface area contributed by atoms with Crippen LogP contribution in [0.25, 0.3) is 0 Å². The maximum atomic E-state index is 6.27. The molecule has 2 rings (SSSR count). The highest BCUT2D eigenvalue weighted by atomic mass is 35.5. The van der Waals surface area contributed by atoms with Crippen molar-refractivity contribution < 1.29 is 0 Å². The van der Waals surface area contributed by atoms with Gasteiger partial charge in [-0.2, -0.15) is 10.2 Å². The molecule has 0 saturated carbocycles. The van der Waals surface area contributed by atoms with Crippen molar-refractivity contribution in [1.29, 1.82) is 0 Å². The first-order valence-corrected chi connectivity index (χ1v) is 5.96. The molecule has 0 radical (unpaired) electrons. The van der Waals surface area contributed by atoms with Crippen molar-refractivity contribution in [3.05, 3.63) is 34.4 Å². The van der Waals surface area contributed by atoms with Crippen LogP contribution in [0, 0.1) is 0 Å². The van der Waals surface area contributed by atoms with Gasteiger partial charge in [-0.15, -0.1) is 0 Å². The van der Waals surface area contributed by atoms with Gasteiger partial charge in [0.2, 0.25) is 0 Å². The molecule has 0 aliphatic carbocycles. The second-order valence-corrected chi connectivity index (χ2v) is 4.27. The number of hydrogen-bond donors (Lipinski definition) is 1. The van der Waals surface area contributed by atoms with Crippen LogP contribution in [-0.4, -0.2) is 19.6 Å². The van der Waals surface area contributed by atoms with Crippen LogP contribution >= 0.6 is 11.6 Å². The molecule has 2 aromatic rings. The average molecular weight is 254 g/mol. The lowest BCUT2D eigenvalue weighted by molar-refractivity contribution is 0.611. The predicted molar refractivity (Wildman–Crippen MR) is 66.8 cm³/mol. The predicted octanol–water partition coefficient (Wildman–Crippen LogP) is 1.34. The fraction of sp³-hybridized carbons (Fsp3) is 0.455. The molecular formula is C11H16ClN5. The first-order valence-electron chi connectivity index (χ1n) is 5.58. The summed E-state index contributed by atoms with van der Waals surface area (Å²) in [4.78, 5) is 0. The summed E-state index contributed by atoms with van der Waals surface area (Å²) in [5.74, 6) is 0. The molecule has 0 saturated heterocycles. The Bertz CT molecular complexity index is 514. The van der Waals surface area contributed by atoms with Crippen LogP contribution < -0.4 is 5.73 Å². The highest BCUT2D eigenvalue weighted by molar-refractivity contribution is 6.31. The Morgan fingerprint density at radius 3 is 2.71 bits per heavy atom. The summed E-state index contributed by atoms with van der Waals surface area (Å²) in [5.41, 5.74) is 8.29. The number of halogens is 1. The molecule has 5 nitrogen and oxygen atoms in total. The molecular weight excluding hydrogens is 238 g/mol. The van der Waals surface area contributed by atoms with Crippen LogP contribution in [0.15, 0.2) is 12.3 Å². The first kappa shape index (κ1) is 12.1. The standard InChI is InChI=1S/C11H16ClN5/c1-3-9-11(12)10(16(2)15-9)7-17-5-4-8(6-13)14-17/h4-5H,3,6-7,13H2,1-2H3. The van der Waals surface area contributed by atoms with Gasteiger partial charge in [-0.1, -0.05) is 18.5 Å². The van der Waals surface area contributed by atoms with Crippen molar-refractivity contribution in [2.24, 2.45) is 12.8 Å². The van der Waals surface area contributed by atoms with E-state index in [4.69, 9.17) is 17.3 Å². The van der Waals surface area contributed by atoms with E-state index in [0.717, 1.165) is 28.5 Å². The van der Waals surface area contributed by atoms with Crippen LogP contribution in [0.1, 0.15) is 24.0 Å². The summed E-state index contributed by atoms with van der Waals surface area (Å²) in [6.07, 6.45) is 2.73. The fourth-order valence-corrected chi connectivity index (χ4v) is 2.10. The molecule has 0 aliphatic rings. The van der Waals surface area contributed by atoms with E-state index in [1.54, 1.807) is 0 Å². The van der Waals surface area contributed by atoms with Crippen LogP contribution in [0.4, 0.5) is 0 Å². The summed E-state index contributed by atoms with van der Waals surface area (Å²) in [6.45, 7) is 3.10. The minimum Gasteiger partial charge on any atom is -0.325 e. The smallest absolute Gasteiger partial charge is 0.0869 e. The third-order valence-electron chi connectivity index (χ3n) is 2.72. The zero-order valence-corrected chi connectivity index (χ0v) is 10.8. The zero-order chi connectivity index (χ0) is 12.4. The molecule has 17 heavy (non-hydrogen) atoms. The van der Waals surface area contributed by atoms with E-state index in [2.05, 4.69) is 10.2 Å². The van der Waals surface area contributed by atoms with E-state index in [-0.39, 0.29) is 0 Å². The highest BCUT2D eigenvalue weighted by Crippen LogP contribution is 2.21. The quantitative estimate of drug-likeness (QED) is 0.895. The van der Waals surface area contributed by atoms with E-state index < -0.39 is 0 Å². The van der Waals surface area contributed by atoms with E-state index in [1.165, 1.54) is 0 Å². The summed E-state index contributed by atoms with van der Waals surface area (Å²) in [7, 11) is 1.90. The second kappa shape index (κ2) is 4.89. The molecule has 0 unspecified atom stereocenters. The van der Waals surface area contributed by atoms with Crippen LogP contribution in [0.2, 0.25) is 5.02 Å². The van der Waals surface area contributed by atoms with Gasteiger partial charge in [0.05, 0.1) is 28.6 Å². The lowest BCUT2D eigenvalue weighted by atomic mass is 10.3. The highest BCUT2D eigenvalue weighted by Gasteiger charge is 2.13. The van der Waals surface area contributed by atoms with Gasteiger partial charge in [0.25, 0.3) is 0 Å². The molecule has 0 spiro atoms. The van der Waals surface area contributed by atoms with Crippen molar-refractivity contribution in [2.45, 2.75) is 26.4 Å². The molecule has 0 aliphatic heterocycles. The monoisotopic (exact) mass is 253 g/mol. The molecule has 92 valence electrons. The van der Waals surface area contributed by atoms with Crippen LogP contribution in [0.5, 0.6) is 0 Å². The van der Waals surface area contributed by atoms with Gasteiger partial charge >= 0.3 is 0 Å². The minimum absolute atomic E-state index is 0.451. The normalized spacial score (nSPS) is 11.1. The molecule has 2 N–H and O–H groups in total. The zero-order valence-electron chi connectivity index (χ0n) is 10.0. The van der Waals surface area contributed by atoms with Crippen molar-refractivity contribution in [3.8, 4) is 0 Å². The largest absolute Gasteiger partial charge is 0.325 e. The molecule has 0 atom stereocenters. The summed E-state index contributed by atoms with van der Waals surface area (Å²) in [6, 6.07) is 1.91.